The zero-order valence-electron chi connectivity index (χ0n) is 7.28. The van der Waals surface area contributed by atoms with Crippen molar-refractivity contribution in [3.05, 3.63) is 0 Å². The molecule has 1 saturated heterocycles. The average molecular weight is 147 g/mol. The van der Waals surface area contributed by atoms with Gasteiger partial charge in [0.1, 0.15) is 6.10 Å². The third kappa shape index (κ3) is 1.68. The van der Waals surface area contributed by atoms with Crippen molar-refractivity contribution in [3.8, 4) is 0 Å². The van der Waals surface area contributed by atoms with E-state index in [0.717, 1.165) is 0 Å². The van der Waals surface area contributed by atoms with E-state index in [9.17, 15) is 5.11 Å². The molecule has 1 aliphatic rings. The van der Waals surface area contributed by atoms with Gasteiger partial charge in [0, 0.05) is 14.9 Å². The largest absolute Gasteiger partial charge is 0.390 e. The van der Waals surface area contributed by atoms with Crippen LogP contribution in [0.2, 0.25) is 0 Å². The van der Waals surface area contributed by atoms with Crippen molar-refractivity contribution in [2.24, 2.45) is 0 Å². The molecule has 0 spiro atoms. The average Bonchev–Trinajstić information content (AvgIpc) is 2.19. The normalized spacial score (nSPS) is 49.3. The van der Waals surface area contributed by atoms with Crippen molar-refractivity contribution < 1.29 is 16.0 Å². The Bertz CT molecular complexity index is 131. The summed E-state index contributed by atoms with van der Waals surface area (Å²) in [4.78, 5) is 0. The lowest BCUT2D eigenvalue weighted by molar-refractivity contribution is -0.0288. The molecule has 0 radical (unpaired) electrons. The van der Waals surface area contributed by atoms with Gasteiger partial charge in [0.05, 0.1) is 18.8 Å². The maximum Gasteiger partial charge on any atom is 0.107 e. The van der Waals surface area contributed by atoms with E-state index in [2.05, 4.69) is 0 Å². The molecule has 60 valence electrons. The summed E-state index contributed by atoms with van der Waals surface area (Å²) in [6.07, 6.45) is -1.75. The van der Waals surface area contributed by atoms with E-state index in [0.29, 0.717) is 6.61 Å². The predicted octanol–water partition coefficient (Wildman–Crippen LogP) is 0.171. The van der Waals surface area contributed by atoms with Gasteiger partial charge in [0.25, 0.3) is 0 Å². The molecular formula is C7H14O3. The minimum absolute atomic E-state index is 0.190. The summed E-state index contributed by atoms with van der Waals surface area (Å²) in [6, 6.07) is 0. The van der Waals surface area contributed by atoms with Gasteiger partial charge in [-0.1, -0.05) is 0 Å². The smallest absolute Gasteiger partial charge is 0.107 e. The fourth-order valence-corrected chi connectivity index (χ4v) is 1.11. The molecule has 3 nitrogen and oxygen atoms in total. The van der Waals surface area contributed by atoms with Crippen LogP contribution in [0, 0.1) is 0 Å². The summed E-state index contributed by atoms with van der Waals surface area (Å²) in [5.41, 5.74) is 0. The summed E-state index contributed by atoms with van der Waals surface area (Å²) in [6.45, 7) is 2.15. The standard InChI is InChI=1S/C7H14O3/c1-5-3-6(8)7(10-5)4-9-2/h5-8H,3-4H2,1-2H3/i3D. The minimum Gasteiger partial charge on any atom is -0.390 e. The van der Waals surface area contributed by atoms with Gasteiger partial charge in [-0.15, -0.1) is 0 Å². The highest BCUT2D eigenvalue weighted by Gasteiger charge is 2.30. The first kappa shape index (κ1) is 6.58. The fourth-order valence-electron chi connectivity index (χ4n) is 1.11. The van der Waals surface area contributed by atoms with E-state index in [4.69, 9.17) is 10.8 Å². The molecule has 0 aliphatic carbocycles. The van der Waals surface area contributed by atoms with Crippen molar-refractivity contribution in [2.45, 2.75) is 31.6 Å². The molecule has 0 amide bonds. The monoisotopic (exact) mass is 147 g/mol. The molecule has 1 N–H and O–H groups in total. The van der Waals surface area contributed by atoms with Crippen LogP contribution in [-0.4, -0.2) is 37.1 Å². The van der Waals surface area contributed by atoms with Crippen LogP contribution in [0.3, 0.4) is 0 Å². The highest BCUT2D eigenvalue weighted by Crippen LogP contribution is 2.19. The Balaban J connectivity index is 2.45. The van der Waals surface area contributed by atoms with Crippen LogP contribution in [0.4, 0.5) is 0 Å². The molecule has 4 unspecified atom stereocenters. The SMILES string of the molecule is [2H]C1C(C)OC(COC)C1O. The molecule has 0 aromatic rings. The third-order valence-electron chi connectivity index (χ3n) is 1.57. The van der Waals surface area contributed by atoms with Crippen LogP contribution in [0.15, 0.2) is 0 Å². The van der Waals surface area contributed by atoms with Gasteiger partial charge in [-0.05, 0) is 6.92 Å². The quantitative estimate of drug-likeness (QED) is 0.605. The van der Waals surface area contributed by atoms with Gasteiger partial charge >= 0.3 is 0 Å². The molecule has 0 bridgehead atoms. The van der Waals surface area contributed by atoms with Crippen LogP contribution >= 0.6 is 0 Å². The second-order valence-corrected chi connectivity index (χ2v) is 2.52. The fraction of sp³-hybridized carbons (Fsp3) is 1.00. The first-order valence-electron chi connectivity index (χ1n) is 3.99. The van der Waals surface area contributed by atoms with Gasteiger partial charge in [-0.3, -0.25) is 0 Å². The number of rotatable bonds is 2. The number of hydrogen-bond donors (Lipinski definition) is 1. The second kappa shape index (κ2) is 3.32. The Hall–Kier alpha value is -0.120. The first-order valence-corrected chi connectivity index (χ1v) is 3.41. The lowest BCUT2D eigenvalue weighted by atomic mass is 10.1. The first-order chi connectivity index (χ1) is 5.16. The maximum atomic E-state index is 9.37. The number of hydrogen-bond acceptors (Lipinski definition) is 3. The molecule has 1 fully saturated rings. The summed E-state index contributed by atoms with van der Waals surface area (Å²) in [7, 11) is 1.55. The Morgan fingerprint density at radius 1 is 1.90 bits per heavy atom. The molecule has 0 aromatic carbocycles. The summed E-state index contributed by atoms with van der Waals surface area (Å²) in [5.74, 6) is 0. The van der Waals surface area contributed by atoms with Gasteiger partial charge in [0.2, 0.25) is 0 Å². The van der Waals surface area contributed by atoms with E-state index >= 15 is 0 Å². The molecule has 1 aliphatic heterocycles. The predicted molar refractivity (Wildman–Crippen MR) is 36.8 cm³/mol. The molecule has 10 heavy (non-hydrogen) atoms. The van der Waals surface area contributed by atoms with E-state index in [1.165, 1.54) is 0 Å². The molecule has 1 heterocycles. The molecular weight excluding hydrogens is 132 g/mol. The van der Waals surface area contributed by atoms with Crippen LogP contribution in [0.25, 0.3) is 0 Å². The van der Waals surface area contributed by atoms with Crippen molar-refractivity contribution in [3.63, 3.8) is 0 Å². The van der Waals surface area contributed by atoms with Gasteiger partial charge in [-0.2, -0.15) is 0 Å². The third-order valence-corrected chi connectivity index (χ3v) is 1.57. The van der Waals surface area contributed by atoms with Gasteiger partial charge in [0.15, 0.2) is 0 Å². The summed E-state index contributed by atoms with van der Waals surface area (Å²) in [5, 5.41) is 9.37. The number of aliphatic hydroxyl groups excluding tert-OH is 1. The number of ether oxygens (including phenoxy) is 2. The zero-order valence-corrected chi connectivity index (χ0v) is 6.28. The van der Waals surface area contributed by atoms with Crippen LogP contribution in [0.1, 0.15) is 14.7 Å². The summed E-state index contributed by atoms with van der Waals surface area (Å²) >= 11 is 0. The number of methoxy groups -OCH3 is 1. The van der Waals surface area contributed by atoms with Crippen molar-refractivity contribution in [1.82, 2.24) is 0 Å². The highest BCUT2D eigenvalue weighted by atomic mass is 16.5. The van der Waals surface area contributed by atoms with E-state index in [-0.39, 0.29) is 12.2 Å². The Labute approximate surface area is 62.3 Å². The summed E-state index contributed by atoms with van der Waals surface area (Å²) < 4.78 is 17.5. The van der Waals surface area contributed by atoms with E-state index in [1.807, 2.05) is 0 Å². The Morgan fingerprint density at radius 2 is 2.60 bits per heavy atom. The molecule has 0 aromatic heterocycles. The van der Waals surface area contributed by atoms with Crippen LogP contribution < -0.4 is 0 Å². The second-order valence-electron chi connectivity index (χ2n) is 2.52. The molecule has 0 saturated carbocycles. The van der Waals surface area contributed by atoms with E-state index < -0.39 is 12.5 Å². The van der Waals surface area contributed by atoms with Crippen molar-refractivity contribution in [2.75, 3.05) is 13.7 Å². The lowest BCUT2D eigenvalue weighted by Gasteiger charge is -2.11. The Kier molecular flexibility index (Phi) is 2.19. The topological polar surface area (TPSA) is 38.7 Å². The van der Waals surface area contributed by atoms with Crippen LogP contribution in [0.5, 0.6) is 0 Å². The minimum atomic E-state index is -0.704. The van der Waals surface area contributed by atoms with Crippen molar-refractivity contribution >= 4 is 0 Å². The van der Waals surface area contributed by atoms with E-state index in [1.54, 1.807) is 14.0 Å². The van der Waals surface area contributed by atoms with Crippen LogP contribution in [-0.2, 0) is 9.47 Å². The van der Waals surface area contributed by atoms with Gasteiger partial charge in [-0.25, -0.2) is 0 Å². The maximum absolute atomic E-state index is 9.37. The lowest BCUT2D eigenvalue weighted by Crippen LogP contribution is -2.25. The Morgan fingerprint density at radius 3 is 3.00 bits per heavy atom. The van der Waals surface area contributed by atoms with Crippen molar-refractivity contribution in [1.29, 1.82) is 0 Å². The van der Waals surface area contributed by atoms with Gasteiger partial charge < -0.3 is 14.6 Å². The molecule has 3 heteroatoms. The number of aliphatic hydroxyl groups is 1. The highest BCUT2D eigenvalue weighted by molar-refractivity contribution is 4.79. The zero-order chi connectivity index (χ0) is 8.43. The molecule has 1 rings (SSSR count). The molecule has 4 atom stereocenters.